The van der Waals surface area contributed by atoms with Crippen molar-refractivity contribution in [3.8, 4) is 0 Å². The van der Waals surface area contributed by atoms with Crippen molar-refractivity contribution in [3.63, 3.8) is 0 Å². The van der Waals surface area contributed by atoms with Gasteiger partial charge in [0.2, 0.25) is 0 Å². The molecule has 0 amide bonds. The fourth-order valence-electron chi connectivity index (χ4n) is 0.586. The Labute approximate surface area is 87.4 Å². The summed E-state index contributed by atoms with van der Waals surface area (Å²) in [5.74, 6) is -0.290. The summed E-state index contributed by atoms with van der Waals surface area (Å²) >= 11 is 0. The van der Waals surface area contributed by atoms with Gasteiger partial charge < -0.3 is 0 Å². The van der Waals surface area contributed by atoms with Crippen molar-refractivity contribution in [2.24, 2.45) is 0 Å². The maximum atomic E-state index is 10.9. The van der Waals surface area contributed by atoms with Crippen LogP contribution in [-0.2, 0) is 9.53 Å². The molecule has 0 aliphatic carbocycles. The molecule has 0 saturated carbocycles. The van der Waals surface area contributed by atoms with Gasteiger partial charge in [-0.3, -0.25) is 0 Å². The van der Waals surface area contributed by atoms with Crippen molar-refractivity contribution in [2.45, 2.75) is 25.0 Å². The Morgan fingerprint density at radius 3 is 2.33 bits per heavy atom. The molecule has 0 aromatic carbocycles. The van der Waals surface area contributed by atoms with Crippen LogP contribution in [-0.4, -0.2) is 23.1 Å². The van der Waals surface area contributed by atoms with E-state index in [9.17, 15) is 4.79 Å². The summed E-state index contributed by atoms with van der Waals surface area (Å²) in [6, 6.07) is 0. The predicted molar refractivity (Wildman–Crippen MR) is 54.0 cm³/mol. The fraction of sp³-hybridized carbons (Fsp3) is 0.833. The molecular weight excluding hydrogens is 283 g/mol. The molecule has 72 valence electrons. The van der Waals surface area contributed by atoms with Crippen LogP contribution in [0.1, 0.15) is 20.3 Å². The number of hydrogen-bond acceptors (Lipinski definition) is 2. The first-order chi connectivity index (χ1) is 5.38. The zero-order valence-corrected chi connectivity index (χ0v) is 11.3. The third-order valence-corrected chi connectivity index (χ3v) is 9.92. The first kappa shape index (κ1) is 12.9. The fourth-order valence-corrected chi connectivity index (χ4v) is 2.62. The van der Waals surface area contributed by atoms with E-state index in [1.807, 2.05) is 0 Å². The second-order valence-corrected chi connectivity index (χ2v) is 19.1. The Morgan fingerprint density at radius 2 is 2.00 bits per heavy atom. The normalized spacial score (nSPS) is 14.1. The van der Waals surface area contributed by atoms with Crippen molar-refractivity contribution in [1.82, 2.24) is 0 Å². The molecule has 6 heteroatoms. The molecule has 0 heterocycles. The predicted octanol–water partition coefficient (Wildman–Crippen LogP) is 2.99. The van der Waals surface area contributed by atoms with Crippen molar-refractivity contribution in [1.29, 1.82) is 0 Å². The summed E-state index contributed by atoms with van der Waals surface area (Å²) in [5, 5.41) is 0. The molecule has 0 spiro atoms. The van der Waals surface area contributed by atoms with Gasteiger partial charge in [0, 0.05) is 0 Å². The molecular formula is C6H11Cl3GeO2. The standard InChI is InChI=1S/C6H11Cl3GeO2/c1-3-12-6(11)4-5(2)10(7,8)9/h5H,3-4H2,1-2H3. The summed E-state index contributed by atoms with van der Waals surface area (Å²) in [6.45, 7) is 3.89. The van der Waals surface area contributed by atoms with E-state index in [1.54, 1.807) is 13.8 Å². The molecule has 0 aliphatic rings. The Hall–Kier alpha value is 0.883. The molecule has 1 unspecified atom stereocenters. The number of rotatable bonds is 4. The Morgan fingerprint density at radius 1 is 1.50 bits per heavy atom. The Balaban J connectivity index is 3.84. The molecule has 2 nitrogen and oxygen atoms in total. The first-order valence-corrected chi connectivity index (χ1v) is 13.1. The maximum absolute atomic E-state index is 10.9. The van der Waals surface area contributed by atoms with Gasteiger partial charge in [-0.25, -0.2) is 0 Å². The Kier molecular flexibility index (Phi) is 5.99. The quantitative estimate of drug-likeness (QED) is 0.588. The summed E-state index contributed by atoms with van der Waals surface area (Å²) < 4.78 is 4.58. The zero-order valence-electron chi connectivity index (χ0n) is 6.94. The molecule has 0 saturated heterocycles. The van der Waals surface area contributed by atoms with Crippen LogP contribution in [0.4, 0.5) is 0 Å². The van der Waals surface area contributed by atoms with Crippen molar-refractivity contribution < 1.29 is 9.53 Å². The number of halogens is 3. The number of hydrogen-bond donors (Lipinski definition) is 0. The van der Waals surface area contributed by atoms with E-state index < -0.39 is 10.5 Å². The molecule has 0 rings (SSSR count). The SMILES string of the molecule is CCOC(=O)C[CH](C)[Ge]([Cl])([Cl])[Cl]. The van der Waals surface area contributed by atoms with Gasteiger partial charge in [-0.05, 0) is 0 Å². The molecule has 0 N–H and O–H groups in total. The van der Waals surface area contributed by atoms with Gasteiger partial charge in [0.1, 0.15) is 0 Å². The van der Waals surface area contributed by atoms with Crippen LogP contribution in [0.3, 0.4) is 0 Å². The second-order valence-electron chi connectivity index (χ2n) is 2.45. The average molecular weight is 294 g/mol. The number of ether oxygens (including phenoxy) is 1. The van der Waals surface area contributed by atoms with Crippen LogP contribution in [0.25, 0.3) is 0 Å². The van der Waals surface area contributed by atoms with E-state index in [2.05, 4.69) is 0 Å². The van der Waals surface area contributed by atoms with Crippen LogP contribution in [0, 0.1) is 0 Å². The van der Waals surface area contributed by atoms with Gasteiger partial charge in [-0.15, -0.1) is 0 Å². The van der Waals surface area contributed by atoms with Crippen LogP contribution in [0.2, 0.25) is 4.75 Å². The molecule has 0 aromatic heterocycles. The third kappa shape index (κ3) is 5.52. The summed E-state index contributed by atoms with van der Waals surface area (Å²) in [4.78, 5) is 10.9. The van der Waals surface area contributed by atoms with Crippen molar-refractivity contribution in [2.75, 3.05) is 6.61 Å². The minimum absolute atomic E-state index is 0.144. The van der Waals surface area contributed by atoms with Crippen molar-refractivity contribution >= 4 is 46.5 Å². The van der Waals surface area contributed by atoms with E-state index >= 15 is 0 Å². The van der Waals surface area contributed by atoms with E-state index in [-0.39, 0.29) is 17.1 Å². The summed E-state index contributed by atoms with van der Waals surface area (Å²) in [7, 11) is 14.0. The molecule has 0 fully saturated rings. The molecule has 0 aromatic rings. The Bertz CT molecular complexity index is 157. The topological polar surface area (TPSA) is 26.3 Å². The van der Waals surface area contributed by atoms with Gasteiger partial charge in [0.25, 0.3) is 0 Å². The van der Waals surface area contributed by atoms with E-state index in [1.165, 1.54) is 0 Å². The van der Waals surface area contributed by atoms with Gasteiger partial charge in [0.15, 0.2) is 0 Å². The molecule has 0 bridgehead atoms. The molecule has 0 radical (unpaired) electrons. The average Bonchev–Trinajstić information content (AvgIpc) is 1.85. The first-order valence-electron chi connectivity index (χ1n) is 3.60. The van der Waals surface area contributed by atoms with E-state index in [0.717, 1.165) is 0 Å². The van der Waals surface area contributed by atoms with Crippen LogP contribution in [0.5, 0.6) is 0 Å². The number of carbonyl (C=O) groups is 1. The number of esters is 1. The van der Waals surface area contributed by atoms with Crippen LogP contribution >= 0.6 is 30.0 Å². The second kappa shape index (κ2) is 5.58. The zero-order chi connectivity index (χ0) is 9.78. The van der Waals surface area contributed by atoms with Gasteiger partial charge >= 0.3 is 87.6 Å². The monoisotopic (exact) mass is 294 g/mol. The minimum atomic E-state index is -3.21. The van der Waals surface area contributed by atoms with Gasteiger partial charge in [-0.1, -0.05) is 0 Å². The molecule has 12 heavy (non-hydrogen) atoms. The van der Waals surface area contributed by atoms with E-state index in [4.69, 9.17) is 34.8 Å². The van der Waals surface area contributed by atoms with Gasteiger partial charge in [-0.2, -0.15) is 0 Å². The number of carbonyl (C=O) groups excluding carboxylic acids is 1. The van der Waals surface area contributed by atoms with Crippen molar-refractivity contribution in [3.05, 3.63) is 0 Å². The summed E-state index contributed by atoms with van der Waals surface area (Å²) in [5.41, 5.74) is 0. The van der Waals surface area contributed by atoms with Crippen LogP contribution < -0.4 is 0 Å². The molecule has 1 atom stereocenters. The summed E-state index contributed by atoms with van der Waals surface area (Å²) in [6.07, 6.45) is 0.213. The van der Waals surface area contributed by atoms with Gasteiger partial charge in [0.05, 0.1) is 0 Å². The third-order valence-electron chi connectivity index (χ3n) is 1.34. The van der Waals surface area contributed by atoms with E-state index in [0.29, 0.717) is 6.61 Å². The molecule has 0 aliphatic heterocycles. The van der Waals surface area contributed by atoms with Crippen LogP contribution in [0.15, 0.2) is 0 Å².